The third-order valence-corrected chi connectivity index (χ3v) is 2.55. The van der Waals surface area contributed by atoms with Crippen LogP contribution in [-0.2, 0) is 0 Å². The molecule has 5 nitrogen and oxygen atoms in total. The lowest BCUT2D eigenvalue weighted by Gasteiger charge is -2.07. The molecule has 2 aromatic rings. The molecule has 0 fully saturated rings. The lowest BCUT2D eigenvalue weighted by atomic mass is 10.3. The van der Waals surface area contributed by atoms with Crippen molar-refractivity contribution in [3.63, 3.8) is 0 Å². The van der Waals surface area contributed by atoms with Crippen molar-refractivity contribution in [3.05, 3.63) is 45.4 Å². The van der Waals surface area contributed by atoms with E-state index in [1.807, 2.05) is 18.2 Å². The first-order chi connectivity index (χ1) is 7.68. The molecule has 0 spiro atoms. The molecular formula is C10H8BrN3O2. The summed E-state index contributed by atoms with van der Waals surface area (Å²) < 4.78 is 6.18. The van der Waals surface area contributed by atoms with Crippen molar-refractivity contribution >= 4 is 21.6 Å². The number of hydrogen-bond acceptors (Lipinski definition) is 4. The highest BCUT2D eigenvalue weighted by Gasteiger charge is 2.08. The Morgan fingerprint density at radius 1 is 1.38 bits per heavy atom. The van der Waals surface area contributed by atoms with E-state index in [0.29, 0.717) is 5.75 Å². The molecule has 0 aliphatic heterocycles. The van der Waals surface area contributed by atoms with Gasteiger partial charge in [-0.25, -0.2) is 4.98 Å². The van der Waals surface area contributed by atoms with Gasteiger partial charge >= 0.3 is 0 Å². The number of nitrogens with one attached hydrogen (secondary N) is 1. The fraction of sp³-hybridized carbons (Fsp3) is 0. The van der Waals surface area contributed by atoms with Gasteiger partial charge in [-0.05, 0) is 28.1 Å². The highest BCUT2D eigenvalue weighted by molar-refractivity contribution is 9.10. The Morgan fingerprint density at radius 3 is 2.88 bits per heavy atom. The molecule has 1 aromatic carbocycles. The number of para-hydroxylation sites is 1. The van der Waals surface area contributed by atoms with E-state index in [0.717, 1.165) is 4.47 Å². The summed E-state index contributed by atoms with van der Waals surface area (Å²) in [6.45, 7) is 0. The number of nitrogens with zero attached hydrogens (tertiary/aromatic N) is 1. The number of nitrogens with two attached hydrogens (primary N) is 1. The number of hydrogen-bond donors (Lipinski definition) is 2. The largest absolute Gasteiger partial charge is 0.436 e. The number of nitrogen functional groups attached to an aromatic ring is 1. The van der Waals surface area contributed by atoms with Crippen LogP contribution in [0.1, 0.15) is 0 Å². The van der Waals surface area contributed by atoms with E-state index in [1.54, 1.807) is 6.07 Å². The molecular weight excluding hydrogens is 274 g/mol. The van der Waals surface area contributed by atoms with Gasteiger partial charge in [0.05, 0.1) is 10.8 Å². The first-order valence-electron chi connectivity index (χ1n) is 4.44. The first kappa shape index (κ1) is 10.7. The summed E-state index contributed by atoms with van der Waals surface area (Å²) in [5.41, 5.74) is 5.07. The minimum absolute atomic E-state index is 0.0433. The van der Waals surface area contributed by atoms with E-state index in [4.69, 9.17) is 10.5 Å². The molecule has 0 saturated heterocycles. The molecule has 1 heterocycles. The fourth-order valence-corrected chi connectivity index (χ4v) is 1.47. The van der Waals surface area contributed by atoms with Gasteiger partial charge in [-0.15, -0.1) is 0 Å². The summed E-state index contributed by atoms with van der Waals surface area (Å²) >= 11 is 3.32. The maximum Gasteiger partial charge on any atom is 0.277 e. The second kappa shape index (κ2) is 4.36. The summed E-state index contributed by atoms with van der Waals surface area (Å²) in [5.74, 6) is 0.642. The second-order valence-corrected chi connectivity index (χ2v) is 3.84. The summed E-state index contributed by atoms with van der Waals surface area (Å²) in [4.78, 5) is 17.4. The molecule has 16 heavy (non-hydrogen) atoms. The molecule has 1 aromatic heterocycles. The standard InChI is InChI=1S/C10H8BrN3O2/c11-6-3-1-2-4-7(6)16-10-8(12)9(15)13-5-14-10/h1-5H,12H2,(H,13,14,15). The summed E-state index contributed by atoms with van der Waals surface area (Å²) in [6, 6.07) is 7.22. The van der Waals surface area contributed by atoms with Gasteiger partial charge in [-0.3, -0.25) is 4.79 Å². The van der Waals surface area contributed by atoms with Crippen LogP contribution in [-0.4, -0.2) is 9.97 Å². The predicted octanol–water partition coefficient (Wildman–Crippen LogP) is 1.91. The number of anilines is 1. The van der Waals surface area contributed by atoms with Gasteiger partial charge in [0.15, 0.2) is 5.69 Å². The lowest BCUT2D eigenvalue weighted by Crippen LogP contribution is -2.13. The van der Waals surface area contributed by atoms with Gasteiger partial charge in [0.2, 0.25) is 5.88 Å². The molecule has 3 N–H and O–H groups in total. The van der Waals surface area contributed by atoms with Crippen molar-refractivity contribution in [1.82, 2.24) is 9.97 Å². The zero-order valence-corrected chi connectivity index (χ0v) is 9.69. The van der Waals surface area contributed by atoms with E-state index in [1.165, 1.54) is 6.33 Å². The van der Waals surface area contributed by atoms with Crippen molar-refractivity contribution in [2.24, 2.45) is 0 Å². The van der Waals surface area contributed by atoms with Crippen LogP contribution in [0.5, 0.6) is 11.6 Å². The topological polar surface area (TPSA) is 81.0 Å². The Hall–Kier alpha value is -1.82. The first-order valence-corrected chi connectivity index (χ1v) is 5.23. The van der Waals surface area contributed by atoms with Crippen molar-refractivity contribution in [1.29, 1.82) is 0 Å². The van der Waals surface area contributed by atoms with Crippen LogP contribution in [0.4, 0.5) is 5.69 Å². The van der Waals surface area contributed by atoms with Crippen molar-refractivity contribution < 1.29 is 4.74 Å². The quantitative estimate of drug-likeness (QED) is 0.881. The Kier molecular flexibility index (Phi) is 2.91. The zero-order chi connectivity index (χ0) is 11.5. The van der Waals surface area contributed by atoms with Crippen LogP contribution in [0, 0.1) is 0 Å². The maximum atomic E-state index is 11.2. The monoisotopic (exact) mass is 281 g/mol. The average Bonchev–Trinajstić information content (AvgIpc) is 2.28. The fourth-order valence-electron chi connectivity index (χ4n) is 1.11. The smallest absolute Gasteiger partial charge is 0.277 e. The van der Waals surface area contributed by atoms with Crippen LogP contribution < -0.4 is 16.0 Å². The number of rotatable bonds is 2. The number of benzene rings is 1. The minimum Gasteiger partial charge on any atom is -0.436 e. The normalized spacial score (nSPS) is 10.1. The Bertz CT molecular complexity index is 568. The zero-order valence-electron chi connectivity index (χ0n) is 8.11. The van der Waals surface area contributed by atoms with Crippen LogP contribution >= 0.6 is 15.9 Å². The van der Waals surface area contributed by atoms with Gasteiger partial charge in [-0.1, -0.05) is 12.1 Å². The van der Waals surface area contributed by atoms with E-state index in [2.05, 4.69) is 25.9 Å². The number of aromatic amines is 1. The van der Waals surface area contributed by atoms with Crippen LogP contribution in [0.2, 0.25) is 0 Å². The summed E-state index contributed by atoms with van der Waals surface area (Å²) in [6.07, 6.45) is 1.24. The Morgan fingerprint density at radius 2 is 2.12 bits per heavy atom. The van der Waals surface area contributed by atoms with Gasteiger partial charge in [0, 0.05) is 0 Å². The Balaban J connectivity index is 2.38. The molecule has 2 rings (SSSR count). The van der Waals surface area contributed by atoms with Crippen molar-refractivity contribution in [3.8, 4) is 11.6 Å². The van der Waals surface area contributed by atoms with Gasteiger partial charge in [-0.2, -0.15) is 0 Å². The van der Waals surface area contributed by atoms with E-state index in [9.17, 15) is 4.79 Å². The molecule has 0 amide bonds. The molecule has 0 radical (unpaired) electrons. The predicted molar refractivity (Wildman–Crippen MR) is 63.5 cm³/mol. The van der Waals surface area contributed by atoms with Crippen LogP contribution in [0.3, 0.4) is 0 Å². The van der Waals surface area contributed by atoms with Crippen LogP contribution in [0.15, 0.2) is 39.9 Å². The van der Waals surface area contributed by atoms with Crippen LogP contribution in [0.25, 0.3) is 0 Å². The third kappa shape index (κ3) is 2.06. The van der Waals surface area contributed by atoms with E-state index in [-0.39, 0.29) is 11.6 Å². The molecule has 82 valence electrons. The summed E-state index contributed by atoms with van der Waals surface area (Å²) in [7, 11) is 0. The average molecular weight is 282 g/mol. The number of halogens is 1. The highest BCUT2D eigenvalue weighted by Crippen LogP contribution is 2.29. The lowest BCUT2D eigenvalue weighted by molar-refractivity contribution is 0.460. The number of ether oxygens (including phenoxy) is 1. The molecule has 0 aliphatic carbocycles. The highest BCUT2D eigenvalue weighted by atomic mass is 79.9. The number of H-pyrrole nitrogens is 1. The molecule has 0 saturated carbocycles. The third-order valence-electron chi connectivity index (χ3n) is 1.90. The van der Waals surface area contributed by atoms with Gasteiger partial charge < -0.3 is 15.5 Å². The van der Waals surface area contributed by atoms with Gasteiger partial charge in [0.25, 0.3) is 5.56 Å². The Labute approximate surface area is 99.4 Å². The van der Waals surface area contributed by atoms with Crippen molar-refractivity contribution in [2.75, 3.05) is 5.73 Å². The molecule has 0 unspecified atom stereocenters. The molecule has 0 atom stereocenters. The number of aromatic nitrogens is 2. The molecule has 0 aliphatic rings. The minimum atomic E-state index is -0.419. The van der Waals surface area contributed by atoms with E-state index < -0.39 is 5.56 Å². The summed E-state index contributed by atoms with van der Waals surface area (Å²) in [5, 5.41) is 0. The molecule has 0 bridgehead atoms. The SMILES string of the molecule is Nc1c(Oc2ccccc2Br)nc[nH]c1=O. The maximum absolute atomic E-state index is 11.2. The van der Waals surface area contributed by atoms with Crippen molar-refractivity contribution in [2.45, 2.75) is 0 Å². The van der Waals surface area contributed by atoms with E-state index >= 15 is 0 Å². The van der Waals surface area contributed by atoms with Gasteiger partial charge in [0.1, 0.15) is 5.75 Å². The molecule has 6 heteroatoms. The second-order valence-electron chi connectivity index (χ2n) is 2.98.